The largest absolute Gasteiger partial charge is 0.488 e. The van der Waals surface area contributed by atoms with Gasteiger partial charge in [0.1, 0.15) is 17.9 Å². The molecule has 2 aromatic carbocycles. The zero-order valence-corrected chi connectivity index (χ0v) is 14.3. The zero-order chi connectivity index (χ0) is 19.1. The molecule has 2 atom stereocenters. The number of carboxylic acid groups (broad SMARTS) is 2. The molecule has 26 heavy (non-hydrogen) atoms. The van der Waals surface area contributed by atoms with Gasteiger partial charge in [0.25, 0.3) is 0 Å². The molecule has 0 aliphatic heterocycles. The molecule has 0 aliphatic carbocycles. The maximum absolute atomic E-state index is 11.0. The van der Waals surface area contributed by atoms with Gasteiger partial charge >= 0.3 is 11.9 Å². The van der Waals surface area contributed by atoms with Gasteiger partial charge in [0.2, 0.25) is 0 Å². The van der Waals surface area contributed by atoms with Crippen LogP contribution in [0.2, 0.25) is 0 Å². The molecule has 6 heteroatoms. The molecule has 0 aromatic heterocycles. The molecule has 0 saturated heterocycles. The van der Waals surface area contributed by atoms with Gasteiger partial charge in [0.05, 0.1) is 6.42 Å². The van der Waals surface area contributed by atoms with Crippen LogP contribution in [-0.4, -0.2) is 34.3 Å². The Morgan fingerprint density at radius 1 is 1.04 bits per heavy atom. The Balaban J connectivity index is 2.19. The third kappa shape index (κ3) is 4.94. The minimum absolute atomic E-state index is 0.361. The first kappa shape index (κ1) is 19.2. The van der Waals surface area contributed by atoms with Crippen molar-refractivity contribution in [3.63, 3.8) is 0 Å². The van der Waals surface area contributed by atoms with Crippen molar-refractivity contribution in [1.29, 1.82) is 0 Å². The monoisotopic (exact) mass is 355 g/mol. The first-order chi connectivity index (χ1) is 12.4. The Labute approximate surface area is 151 Å². The lowest BCUT2D eigenvalue weighted by atomic mass is 9.98. The predicted molar refractivity (Wildman–Crippen MR) is 97.9 cm³/mol. The summed E-state index contributed by atoms with van der Waals surface area (Å²) in [6, 6.07) is 15.5. The Kier molecular flexibility index (Phi) is 6.52. The molecule has 2 rings (SSSR count). The lowest BCUT2D eigenvalue weighted by molar-refractivity contribution is -0.143. The average Bonchev–Trinajstić information content (AvgIpc) is 2.63. The fourth-order valence-corrected chi connectivity index (χ4v) is 2.58. The molecule has 6 nitrogen and oxygen atoms in total. The van der Waals surface area contributed by atoms with E-state index in [0.29, 0.717) is 5.75 Å². The van der Waals surface area contributed by atoms with Crippen LogP contribution in [0.25, 0.3) is 5.57 Å². The standard InChI is InChI=1S/C20H21NO5/c1-2-16(13-6-4-3-5-7-13)14-8-10-15(11-9-14)26-17(12-18(22)23)19(21)20(24)25/h2-11,17,19H,12,21H2,1H3,(H,22,23)(H,24,25). The van der Waals surface area contributed by atoms with Crippen LogP contribution in [0, 0.1) is 0 Å². The van der Waals surface area contributed by atoms with Crippen molar-refractivity contribution < 1.29 is 24.5 Å². The van der Waals surface area contributed by atoms with Gasteiger partial charge in [0.15, 0.2) is 0 Å². The van der Waals surface area contributed by atoms with Crippen molar-refractivity contribution in [3.8, 4) is 5.75 Å². The first-order valence-corrected chi connectivity index (χ1v) is 8.11. The Hall–Kier alpha value is -3.12. The predicted octanol–water partition coefficient (Wildman–Crippen LogP) is 2.77. The van der Waals surface area contributed by atoms with Gasteiger partial charge in [-0.25, -0.2) is 0 Å². The first-order valence-electron chi connectivity index (χ1n) is 8.11. The van der Waals surface area contributed by atoms with Crippen molar-refractivity contribution in [2.75, 3.05) is 0 Å². The Bertz CT molecular complexity index is 784. The minimum atomic E-state index is -1.43. The van der Waals surface area contributed by atoms with Crippen LogP contribution in [0.4, 0.5) is 0 Å². The molecule has 0 aliphatic rings. The highest BCUT2D eigenvalue weighted by molar-refractivity contribution is 5.79. The third-order valence-electron chi connectivity index (χ3n) is 3.89. The molecule has 0 spiro atoms. The van der Waals surface area contributed by atoms with Crippen LogP contribution >= 0.6 is 0 Å². The van der Waals surface area contributed by atoms with E-state index in [1.54, 1.807) is 12.1 Å². The molecule has 0 fully saturated rings. The van der Waals surface area contributed by atoms with Crippen LogP contribution in [0.3, 0.4) is 0 Å². The van der Waals surface area contributed by atoms with Crippen LogP contribution < -0.4 is 10.5 Å². The fraction of sp³-hybridized carbons (Fsp3) is 0.200. The van der Waals surface area contributed by atoms with E-state index in [1.165, 1.54) is 0 Å². The van der Waals surface area contributed by atoms with Crippen molar-refractivity contribution >= 4 is 17.5 Å². The van der Waals surface area contributed by atoms with E-state index < -0.39 is 30.5 Å². The van der Waals surface area contributed by atoms with Gasteiger partial charge < -0.3 is 20.7 Å². The van der Waals surface area contributed by atoms with E-state index in [-0.39, 0.29) is 0 Å². The molecule has 0 saturated carbocycles. The summed E-state index contributed by atoms with van der Waals surface area (Å²) < 4.78 is 5.52. The molecule has 136 valence electrons. The molecule has 4 N–H and O–H groups in total. The number of rotatable bonds is 8. The summed E-state index contributed by atoms with van der Waals surface area (Å²) in [5.41, 5.74) is 8.61. The number of ether oxygens (including phenoxy) is 1. The quantitative estimate of drug-likeness (QED) is 0.672. The SMILES string of the molecule is CC=C(c1ccccc1)c1ccc(OC(CC(=O)O)C(N)C(=O)O)cc1. The Morgan fingerprint density at radius 3 is 2.12 bits per heavy atom. The highest BCUT2D eigenvalue weighted by Crippen LogP contribution is 2.25. The summed E-state index contributed by atoms with van der Waals surface area (Å²) in [4.78, 5) is 22.0. The maximum atomic E-state index is 11.0. The highest BCUT2D eigenvalue weighted by Gasteiger charge is 2.28. The molecule has 0 bridgehead atoms. The van der Waals surface area contributed by atoms with E-state index in [9.17, 15) is 9.59 Å². The van der Waals surface area contributed by atoms with Crippen LogP contribution in [-0.2, 0) is 9.59 Å². The van der Waals surface area contributed by atoms with E-state index in [2.05, 4.69) is 0 Å². The summed E-state index contributed by atoms with van der Waals surface area (Å²) >= 11 is 0. The third-order valence-corrected chi connectivity index (χ3v) is 3.89. The van der Waals surface area contributed by atoms with Gasteiger partial charge in [-0.1, -0.05) is 48.5 Å². The maximum Gasteiger partial charge on any atom is 0.324 e. The summed E-state index contributed by atoms with van der Waals surface area (Å²) in [6.07, 6.45) is 0.337. The van der Waals surface area contributed by atoms with Crippen LogP contribution in [0.1, 0.15) is 24.5 Å². The van der Waals surface area contributed by atoms with Crippen molar-refractivity contribution in [3.05, 3.63) is 71.8 Å². The lowest BCUT2D eigenvalue weighted by Crippen LogP contribution is -2.46. The van der Waals surface area contributed by atoms with E-state index in [4.69, 9.17) is 20.7 Å². The lowest BCUT2D eigenvalue weighted by Gasteiger charge is -2.21. The van der Waals surface area contributed by atoms with Crippen molar-refractivity contribution in [2.24, 2.45) is 5.73 Å². The van der Waals surface area contributed by atoms with E-state index in [1.807, 2.05) is 55.5 Å². The van der Waals surface area contributed by atoms with Crippen molar-refractivity contribution in [2.45, 2.75) is 25.5 Å². The molecular formula is C20H21NO5. The number of carbonyl (C=O) groups is 2. The Morgan fingerprint density at radius 2 is 1.62 bits per heavy atom. The van der Waals surface area contributed by atoms with Crippen molar-refractivity contribution in [1.82, 2.24) is 0 Å². The minimum Gasteiger partial charge on any atom is -0.488 e. The van der Waals surface area contributed by atoms with E-state index >= 15 is 0 Å². The van der Waals surface area contributed by atoms with Gasteiger partial charge in [-0.2, -0.15) is 0 Å². The summed E-state index contributed by atoms with van der Waals surface area (Å²) in [7, 11) is 0. The second-order valence-electron chi connectivity index (χ2n) is 5.71. The fourth-order valence-electron chi connectivity index (χ4n) is 2.58. The summed E-state index contributed by atoms with van der Waals surface area (Å²) in [6.45, 7) is 1.95. The zero-order valence-electron chi connectivity index (χ0n) is 14.3. The topological polar surface area (TPSA) is 110 Å². The second-order valence-corrected chi connectivity index (χ2v) is 5.71. The molecule has 0 heterocycles. The van der Waals surface area contributed by atoms with Gasteiger partial charge in [-0.3, -0.25) is 9.59 Å². The van der Waals surface area contributed by atoms with E-state index in [0.717, 1.165) is 16.7 Å². The molecular weight excluding hydrogens is 334 g/mol. The van der Waals surface area contributed by atoms with Gasteiger partial charge in [0, 0.05) is 0 Å². The summed E-state index contributed by atoms with van der Waals surface area (Å²) in [5.74, 6) is -2.13. The van der Waals surface area contributed by atoms with Gasteiger partial charge in [-0.05, 0) is 35.8 Å². The van der Waals surface area contributed by atoms with Crippen LogP contribution in [0.15, 0.2) is 60.7 Å². The number of hydrogen-bond donors (Lipinski definition) is 3. The molecule has 2 unspecified atom stereocenters. The number of hydrogen-bond acceptors (Lipinski definition) is 4. The van der Waals surface area contributed by atoms with Gasteiger partial charge in [-0.15, -0.1) is 0 Å². The second kappa shape index (κ2) is 8.82. The number of aliphatic carboxylic acids is 2. The average molecular weight is 355 g/mol. The number of benzene rings is 2. The molecule has 2 aromatic rings. The number of nitrogens with two attached hydrogens (primary N) is 1. The molecule has 0 radical (unpaired) electrons. The number of carboxylic acids is 2. The highest BCUT2D eigenvalue weighted by atomic mass is 16.5. The smallest absolute Gasteiger partial charge is 0.324 e. The normalized spacial score (nSPS) is 13.7. The molecule has 0 amide bonds. The number of allylic oxidation sites excluding steroid dienone is 1. The summed E-state index contributed by atoms with van der Waals surface area (Å²) in [5, 5.41) is 17.9. The van der Waals surface area contributed by atoms with Crippen LogP contribution in [0.5, 0.6) is 5.75 Å².